The standard InChI is InChI=1S/C13H25N5S/c1-2-12-15-13(19-16-12)18-9-5-8-17(10-11-18)7-4-3-6-14/h2-11,14H2,1H3. The molecule has 6 heteroatoms. The fourth-order valence-corrected chi connectivity index (χ4v) is 3.18. The monoisotopic (exact) mass is 283 g/mol. The van der Waals surface area contributed by atoms with Gasteiger partial charge in [0.1, 0.15) is 5.82 Å². The zero-order valence-corrected chi connectivity index (χ0v) is 12.7. The van der Waals surface area contributed by atoms with Crippen molar-refractivity contribution in [1.29, 1.82) is 0 Å². The Kier molecular flexibility index (Phi) is 6.00. The number of nitrogens with two attached hydrogens (primary N) is 1. The molecule has 0 amide bonds. The quantitative estimate of drug-likeness (QED) is 0.799. The molecule has 2 rings (SSSR count). The maximum atomic E-state index is 5.55. The SMILES string of the molecule is CCc1nsc(N2CCCN(CCCCN)CC2)n1. The Morgan fingerprint density at radius 1 is 1.21 bits per heavy atom. The normalized spacial score (nSPS) is 17.7. The maximum absolute atomic E-state index is 5.55. The summed E-state index contributed by atoms with van der Waals surface area (Å²) in [5, 5.41) is 1.10. The summed E-state index contributed by atoms with van der Waals surface area (Å²) >= 11 is 1.54. The molecule has 1 aromatic heterocycles. The average Bonchev–Trinajstić information content (AvgIpc) is 2.79. The van der Waals surface area contributed by atoms with Gasteiger partial charge in [-0.2, -0.15) is 4.37 Å². The van der Waals surface area contributed by atoms with Crippen LogP contribution in [-0.4, -0.2) is 53.5 Å². The van der Waals surface area contributed by atoms with Crippen LogP contribution in [-0.2, 0) is 6.42 Å². The van der Waals surface area contributed by atoms with Crippen LogP contribution in [0.5, 0.6) is 0 Å². The summed E-state index contributed by atoms with van der Waals surface area (Å²) in [5.41, 5.74) is 5.55. The van der Waals surface area contributed by atoms with Crippen LogP contribution in [0, 0.1) is 0 Å². The molecule has 0 aliphatic carbocycles. The lowest BCUT2D eigenvalue weighted by molar-refractivity contribution is 0.288. The molecule has 2 N–H and O–H groups in total. The lowest BCUT2D eigenvalue weighted by Crippen LogP contribution is -2.31. The summed E-state index contributed by atoms with van der Waals surface area (Å²) in [6, 6.07) is 0. The van der Waals surface area contributed by atoms with Crippen LogP contribution >= 0.6 is 11.5 Å². The predicted octanol–water partition coefficient (Wildman–Crippen LogP) is 1.35. The molecular formula is C13H25N5S. The molecule has 0 spiro atoms. The second-order valence-corrected chi connectivity index (χ2v) is 5.76. The van der Waals surface area contributed by atoms with E-state index in [2.05, 4.69) is 26.1 Å². The molecule has 5 nitrogen and oxygen atoms in total. The smallest absolute Gasteiger partial charge is 0.205 e. The van der Waals surface area contributed by atoms with Crippen molar-refractivity contribution in [2.75, 3.05) is 44.2 Å². The van der Waals surface area contributed by atoms with E-state index < -0.39 is 0 Å². The highest BCUT2D eigenvalue weighted by molar-refractivity contribution is 7.09. The first kappa shape index (κ1) is 14.7. The van der Waals surface area contributed by atoms with Crippen LogP contribution in [0.2, 0.25) is 0 Å². The van der Waals surface area contributed by atoms with Gasteiger partial charge >= 0.3 is 0 Å². The summed E-state index contributed by atoms with van der Waals surface area (Å²) < 4.78 is 4.38. The first-order chi connectivity index (χ1) is 9.33. The Balaban J connectivity index is 1.82. The second kappa shape index (κ2) is 7.77. The van der Waals surface area contributed by atoms with Gasteiger partial charge in [-0.15, -0.1) is 0 Å². The number of unbranched alkanes of at least 4 members (excludes halogenated alkanes) is 1. The molecule has 0 aromatic carbocycles. The number of hydrogen-bond donors (Lipinski definition) is 1. The largest absolute Gasteiger partial charge is 0.346 e. The van der Waals surface area contributed by atoms with Gasteiger partial charge in [-0.3, -0.25) is 0 Å². The molecule has 0 unspecified atom stereocenters. The van der Waals surface area contributed by atoms with Gasteiger partial charge in [0.05, 0.1) is 0 Å². The van der Waals surface area contributed by atoms with Crippen LogP contribution in [0.15, 0.2) is 0 Å². The van der Waals surface area contributed by atoms with E-state index in [1.165, 1.54) is 25.9 Å². The number of rotatable bonds is 6. The van der Waals surface area contributed by atoms with Gasteiger partial charge in [0.25, 0.3) is 0 Å². The summed E-state index contributed by atoms with van der Waals surface area (Å²) in [6.45, 7) is 8.60. The zero-order chi connectivity index (χ0) is 13.5. The van der Waals surface area contributed by atoms with Crippen molar-refractivity contribution >= 4 is 16.7 Å². The van der Waals surface area contributed by atoms with Gasteiger partial charge in [0.15, 0.2) is 0 Å². The van der Waals surface area contributed by atoms with E-state index in [0.29, 0.717) is 0 Å². The van der Waals surface area contributed by atoms with E-state index in [1.54, 1.807) is 11.5 Å². The van der Waals surface area contributed by atoms with Gasteiger partial charge in [0.2, 0.25) is 5.13 Å². The van der Waals surface area contributed by atoms with Crippen molar-refractivity contribution in [1.82, 2.24) is 14.3 Å². The number of aromatic nitrogens is 2. The molecule has 1 aliphatic rings. The molecular weight excluding hydrogens is 258 g/mol. The van der Waals surface area contributed by atoms with Gasteiger partial charge in [0, 0.05) is 37.6 Å². The van der Waals surface area contributed by atoms with Crippen LogP contribution in [0.25, 0.3) is 0 Å². The van der Waals surface area contributed by atoms with E-state index in [9.17, 15) is 0 Å². The van der Waals surface area contributed by atoms with Crippen molar-refractivity contribution in [2.45, 2.75) is 32.6 Å². The Morgan fingerprint density at radius 3 is 2.84 bits per heavy atom. The number of anilines is 1. The van der Waals surface area contributed by atoms with Crippen molar-refractivity contribution < 1.29 is 0 Å². The minimum absolute atomic E-state index is 0.810. The minimum Gasteiger partial charge on any atom is -0.346 e. The highest BCUT2D eigenvalue weighted by Gasteiger charge is 2.17. The third-order valence-electron chi connectivity index (χ3n) is 3.56. The zero-order valence-electron chi connectivity index (χ0n) is 11.8. The molecule has 1 aromatic rings. The fraction of sp³-hybridized carbons (Fsp3) is 0.846. The van der Waals surface area contributed by atoms with E-state index in [0.717, 1.165) is 50.0 Å². The number of hydrogen-bond acceptors (Lipinski definition) is 6. The number of nitrogens with zero attached hydrogens (tertiary/aromatic N) is 4. The van der Waals surface area contributed by atoms with Crippen LogP contribution < -0.4 is 10.6 Å². The van der Waals surface area contributed by atoms with Gasteiger partial charge in [-0.1, -0.05) is 6.92 Å². The first-order valence-electron chi connectivity index (χ1n) is 7.33. The molecule has 2 heterocycles. The third-order valence-corrected chi connectivity index (χ3v) is 4.38. The summed E-state index contributed by atoms with van der Waals surface area (Å²) in [6.07, 6.45) is 4.49. The highest BCUT2D eigenvalue weighted by atomic mass is 32.1. The highest BCUT2D eigenvalue weighted by Crippen LogP contribution is 2.19. The molecule has 0 radical (unpaired) electrons. The summed E-state index contributed by atoms with van der Waals surface area (Å²) in [4.78, 5) is 9.53. The molecule has 1 aliphatic heterocycles. The Labute approximate surface area is 120 Å². The minimum atomic E-state index is 0.810. The Hall–Kier alpha value is -0.720. The lowest BCUT2D eigenvalue weighted by Gasteiger charge is -2.21. The van der Waals surface area contributed by atoms with E-state index in [4.69, 9.17) is 5.73 Å². The molecule has 0 saturated carbocycles. The molecule has 0 bridgehead atoms. The van der Waals surface area contributed by atoms with Crippen molar-refractivity contribution in [3.8, 4) is 0 Å². The fourth-order valence-electron chi connectivity index (χ4n) is 2.38. The molecule has 1 fully saturated rings. The first-order valence-corrected chi connectivity index (χ1v) is 8.10. The predicted molar refractivity (Wildman–Crippen MR) is 80.8 cm³/mol. The maximum Gasteiger partial charge on any atom is 0.205 e. The Bertz CT molecular complexity index is 368. The van der Waals surface area contributed by atoms with Crippen LogP contribution in [0.4, 0.5) is 5.13 Å². The Morgan fingerprint density at radius 2 is 2.11 bits per heavy atom. The molecule has 19 heavy (non-hydrogen) atoms. The molecule has 0 atom stereocenters. The topological polar surface area (TPSA) is 58.3 Å². The van der Waals surface area contributed by atoms with Gasteiger partial charge < -0.3 is 15.5 Å². The van der Waals surface area contributed by atoms with Crippen LogP contribution in [0.1, 0.15) is 32.0 Å². The van der Waals surface area contributed by atoms with Crippen molar-refractivity contribution in [3.05, 3.63) is 5.82 Å². The van der Waals surface area contributed by atoms with E-state index >= 15 is 0 Å². The van der Waals surface area contributed by atoms with E-state index in [-0.39, 0.29) is 0 Å². The summed E-state index contributed by atoms with van der Waals surface area (Å²) in [5.74, 6) is 0.976. The summed E-state index contributed by atoms with van der Waals surface area (Å²) in [7, 11) is 0. The van der Waals surface area contributed by atoms with Gasteiger partial charge in [-0.25, -0.2) is 4.98 Å². The molecule has 1 saturated heterocycles. The lowest BCUT2D eigenvalue weighted by atomic mass is 10.3. The van der Waals surface area contributed by atoms with Crippen molar-refractivity contribution in [3.63, 3.8) is 0 Å². The second-order valence-electron chi connectivity index (χ2n) is 5.02. The van der Waals surface area contributed by atoms with Gasteiger partial charge in [-0.05, 0) is 38.9 Å². The van der Waals surface area contributed by atoms with Crippen molar-refractivity contribution in [2.24, 2.45) is 5.73 Å². The average molecular weight is 283 g/mol. The third kappa shape index (κ3) is 4.40. The number of aryl methyl sites for hydroxylation is 1. The van der Waals surface area contributed by atoms with E-state index in [1.807, 2.05) is 0 Å². The van der Waals surface area contributed by atoms with Crippen LogP contribution in [0.3, 0.4) is 0 Å². The molecule has 108 valence electrons.